The van der Waals surface area contributed by atoms with E-state index in [1.54, 1.807) is 6.92 Å². The van der Waals surface area contributed by atoms with E-state index in [0.29, 0.717) is 0 Å². The number of carbonyl (C=O) groups is 2. The highest BCUT2D eigenvalue weighted by Crippen LogP contribution is 2.05. The smallest absolute Gasteiger partial charge is 0.335 e. The number of carbonyl (C=O) groups excluding carboxylic acids is 1. The number of aliphatic hydroxyl groups excluding tert-OH is 4. The average Bonchev–Trinajstić information content (AvgIpc) is 2.56. The highest BCUT2D eigenvalue weighted by atomic mass is 16.4. The molecule has 0 aliphatic heterocycles. The number of hydrogen-bond donors (Lipinski definition) is 7. The lowest BCUT2D eigenvalue weighted by Gasteiger charge is -2.23. The standard InChI is InChI=1S/C13H13NO7.CH5N.5H2/c1-2-3-4-5-6-7-14-12(19)10(17)8(15)9(16)11(18)13(20)21;1-2;;;;;/h8-11,15-18H,1H3,(H,14,19)(H,20,21);2H2,1H3;5*1H/t8-,9-,10+,11-;;;;;;/m1....../s1. The van der Waals surface area contributed by atoms with Crippen molar-refractivity contribution < 1.29 is 42.3 Å². The van der Waals surface area contributed by atoms with Gasteiger partial charge in [0.2, 0.25) is 0 Å². The van der Waals surface area contributed by atoms with Gasteiger partial charge in [0.05, 0.1) is 0 Å². The molecule has 0 saturated carbocycles. The number of carboxylic acids is 1. The topological polar surface area (TPSA) is 173 Å². The number of carboxylic acid groups (broad SMARTS) is 1. The predicted octanol–water partition coefficient (Wildman–Crippen LogP) is -2.58. The molecule has 0 fully saturated rings. The molecule has 0 aliphatic rings. The zero-order valence-electron chi connectivity index (χ0n) is 12.4. The minimum Gasteiger partial charge on any atom is -0.479 e. The Hall–Kier alpha value is -2.58. The van der Waals surface area contributed by atoms with Gasteiger partial charge in [-0.05, 0) is 25.8 Å². The summed E-state index contributed by atoms with van der Waals surface area (Å²) in [6.45, 7) is 1.57. The molecule has 9 heteroatoms. The van der Waals surface area contributed by atoms with Crippen LogP contribution in [-0.2, 0) is 9.59 Å². The molecule has 0 radical (unpaired) electrons. The summed E-state index contributed by atoms with van der Waals surface area (Å²) in [7, 11) is 1.50. The summed E-state index contributed by atoms with van der Waals surface area (Å²) in [5.41, 5.74) is 4.50. The zero-order valence-corrected chi connectivity index (χ0v) is 12.4. The van der Waals surface area contributed by atoms with Gasteiger partial charge in [-0.3, -0.25) is 10.1 Å². The van der Waals surface area contributed by atoms with Crippen molar-refractivity contribution in [1.29, 1.82) is 0 Å². The maximum atomic E-state index is 11.3. The van der Waals surface area contributed by atoms with Gasteiger partial charge in [0.1, 0.15) is 12.2 Å². The van der Waals surface area contributed by atoms with Gasteiger partial charge < -0.3 is 31.3 Å². The van der Waals surface area contributed by atoms with Gasteiger partial charge in [0.25, 0.3) is 5.91 Å². The van der Waals surface area contributed by atoms with Crippen LogP contribution in [0, 0.1) is 35.6 Å². The molecular weight excluding hydrogens is 308 g/mol. The molecule has 0 rings (SSSR count). The summed E-state index contributed by atoms with van der Waals surface area (Å²) in [4.78, 5) is 21.7. The van der Waals surface area contributed by atoms with Crippen molar-refractivity contribution in [3.63, 3.8) is 0 Å². The van der Waals surface area contributed by atoms with Crippen LogP contribution in [0.15, 0.2) is 0 Å². The molecule has 4 atom stereocenters. The molecule has 0 saturated heterocycles. The first kappa shape index (κ1) is 22.7. The average molecular weight is 336 g/mol. The molecule has 0 aromatic carbocycles. The van der Waals surface area contributed by atoms with Crippen LogP contribution in [0.1, 0.15) is 14.1 Å². The molecule has 0 spiro atoms. The highest BCUT2D eigenvalue weighted by Gasteiger charge is 2.37. The van der Waals surface area contributed by atoms with Crippen molar-refractivity contribution >= 4 is 11.9 Å². The summed E-state index contributed by atoms with van der Waals surface area (Å²) in [5.74, 6) is 8.59. The van der Waals surface area contributed by atoms with Crippen LogP contribution < -0.4 is 11.1 Å². The van der Waals surface area contributed by atoms with E-state index in [9.17, 15) is 24.9 Å². The van der Waals surface area contributed by atoms with E-state index in [1.807, 2.05) is 11.4 Å². The molecule has 0 bridgehead atoms. The lowest BCUT2D eigenvalue weighted by Crippen LogP contribution is -2.52. The first-order valence-corrected chi connectivity index (χ1v) is 6.07. The minimum absolute atomic E-state index is 0. The second-order valence-electron chi connectivity index (χ2n) is 3.57. The maximum Gasteiger partial charge on any atom is 0.335 e. The van der Waals surface area contributed by atoms with E-state index in [0.717, 1.165) is 0 Å². The summed E-state index contributed by atoms with van der Waals surface area (Å²) in [6.07, 6.45) is -9.01. The first-order valence-electron chi connectivity index (χ1n) is 6.07. The van der Waals surface area contributed by atoms with E-state index in [4.69, 9.17) is 10.2 Å². The Morgan fingerprint density at radius 1 is 0.957 bits per heavy atom. The van der Waals surface area contributed by atoms with E-state index in [1.165, 1.54) is 7.05 Å². The molecule has 0 aromatic heterocycles. The van der Waals surface area contributed by atoms with Gasteiger partial charge in [-0.2, -0.15) is 0 Å². The second-order valence-corrected chi connectivity index (χ2v) is 3.57. The summed E-state index contributed by atoms with van der Waals surface area (Å²) in [5, 5.41) is 47.3. The van der Waals surface area contributed by atoms with E-state index in [2.05, 4.69) is 35.3 Å². The molecule has 0 aliphatic carbocycles. The normalized spacial score (nSPS) is 13.5. The van der Waals surface area contributed by atoms with Crippen LogP contribution in [0.4, 0.5) is 0 Å². The Balaban J connectivity index is -0.000000122. The number of amides is 1. The molecule has 0 aromatic rings. The second kappa shape index (κ2) is 13.1. The van der Waals surface area contributed by atoms with Gasteiger partial charge in [-0.25, -0.2) is 4.79 Å². The zero-order chi connectivity index (χ0) is 18.4. The number of aliphatic hydroxyl groups is 4. The first-order chi connectivity index (χ1) is 10.8. The third kappa shape index (κ3) is 9.12. The largest absolute Gasteiger partial charge is 0.479 e. The monoisotopic (exact) mass is 336 g/mol. The van der Waals surface area contributed by atoms with Crippen LogP contribution in [0.2, 0.25) is 0 Å². The van der Waals surface area contributed by atoms with Gasteiger partial charge in [0, 0.05) is 25.0 Å². The van der Waals surface area contributed by atoms with E-state index < -0.39 is 36.3 Å². The Bertz CT molecular complexity index is 590. The lowest BCUT2D eigenvalue weighted by molar-refractivity contribution is -0.166. The Labute approximate surface area is 140 Å². The lowest BCUT2D eigenvalue weighted by atomic mass is 10.0. The highest BCUT2D eigenvalue weighted by molar-refractivity contribution is 5.83. The van der Waals surface area contributed by atoms with Crippen molar-refractivity contribution in [2.24, 2.45) is 5.73 Å². The molecule has 1 amide bonds. The molecule has 9 nitrogen and oxygen atoms in total. The van der Waals surface area contributed by atoms with Crippen LogP contribution in [0.25, 0.3) is 0 Å². The van der Waals surface area contributed by atoms with Crippen LogP contribution in [-0.4, -0.2) is 68.9 Å². The van der Waals surface area contributed by atoms with Crippen molar-refractivity contribution in [3.8, 4) is 35.6 Å². The number of nitrogens with one attached hydrogen (secondary N) is 1. The third-order valence-corrected chi connectivity index (χ3v) is 2.08. The van der Waals surface area contributed by atoms with Gasteiger partial charge in [-0.15, -0.1) is 0 Å². The molecule has 0 heterocycles. The predicted molar refractivity (Wildman–Crippen MR) is 89.5 cm³/mol. The molecule has 136 valence electrons. The van der Waals surface area contributed by atoms with Crippen molar-refractivity contribution in [2.75, 3.05) is 7.05 Å². The number of nitrogens with two attached hydrogens (primary N) is 1. The SMILES string of the molecule is CC#CC#CC#CNC(=O)[C@@H](O)[C@H](O)[C@@H](O)[C@@H](O)C(=O)O.CN.[HH].[HH].[HH].[HH].[HH]. The molecule has 8 N–H and O–H groups in total. The minimum atomic E-state index is -2.35. The van der Waals surface area contributed by atoms with Gasteiger partial charge >= 0.3 is 5.97 Å². The van der Waals surface area contributed by atoms with Crippen molar-refractivity contribution in [2.45, 2.75) is 31.3 Å². The maximum absolute atomic E-state index is 11.3. The van der Waals surface area contributed by atoms with Crippen molar-refractivity contribution in [3.05, 3.63) is 0 Å². The number of aliphatic carboxylic acids is 1. The summed E-state index contributed by atoms with van der Waals surface area (Å²) >= 11 is 0. The Kier molecular flexibility index (Phi) is 12.9. The molecule has 0 unspecified atom stereocenters. The summed E-state index contributed by atoms with van der Waals surface area (Å²) < 4.78 is 0. The van der Waals surface area contributed by atoms with Crippen LogP contribution in [0.3, 0.4) is 0 Å². The Morgan fingerprint density at radius 2 is 1.43 bits per heavy atom. The fourth-order valence-corrected chi connectivity index (χ4v) is 0.998. The van der Waals surface area contributed by atoms with Gasteiger partial charge in [0.15, 0.2) is 12.2 Å². The third-order valence-electron chi connectivity index (χ3n) is 2.08. The van der Waals surface area contributed by atoms with E-state index in [-0.39, 0.29) is 7.13 Å². The van der Waals surface area contributed by atoms with Crippen LogP contribution >= 0.6 is 0 Å². The molecule has 23 heavy (non-hydrogen) atoms. The Morgan fingerprint density at radius 3 is 1.91 bits per heavy atom. The molecular formula is C14H28N2O7. The van der Waals surface area contributed by atoms with Crippen LogP contribution in [0.5, 0.6) is 0 Å². The number of hydrogen-bond acceptors (Lipinski definition) is 7. The van der Waals surface area contributed by atoms with Crippen molar-refractivity contribution in [1.82, 2.24) is 5.32 Å². The number of rotatable bonds is 5. The summed E-state index contributed by atoms with van der Waals surface area (Å²) in [6, 6.07) is 2.05. The quantitative estimate of drug-likeness (QED) is 0.212. The fourth-order valence-electron chi connectivity index (χ4n) is 0.998. The fraction of sp³-hybridized carbons (Fsp3) is 0.429. The van der Waals surface area contributed by atoms with E-state index >= 15 is 0 Å². The van der Waals surface area contributed by atoms with Gasteiger partial charge in [-0.1, -0.05) is 5.92 Å².